The number of hydrogen-bond acceptors (Lipinski definition) is 2. The SMILES string of the molecule is O=c1c2cc3ccc(Br)cc3nc2[nH]n1-c1ccccc1. The second-order valence-corrected chi connectivity index (χ2v) is 5.73. The van der Waals surface area contributed by atoms with Crippen molar-refractivity contribution in [3.05, 3.63) is 69.4 Å². The van der Waals surface area contributed by atoms with Gasteiger partial charge in [0.25, 0.3) is 5.56 Å². The van der Waals surface area contributed by atoms with Crippen molar-refractivity contribution in [2.24, 2.45) is 0 Å². The average Bonchev–Trinajstić information content (AvgIpc) is 2.82. The maximum atomic E-state index is 12.5. The van der Waals surface area contributed by atoms with Crippen molar-refractivity contribution in [3.8, 4) is 5.69 Å². The van der Waals surface area contributed by atoms with Gasteiger partial charge in [0.15, 0.2) is 5.65 Å². The Morgan fingerprint density at radius 3 is 2.67 bits per heavy atom. The minimum atomic E-state index is -0.0893. The number of hydrogen-bond donors (Lipinski definition) is 1. The number of H-pyrrole nitrogens is 1. The van der Waals surface area contributed by atoms with Crippen molar-refractivity contribution in [2.75, 3.05) is 0 Å². The van der Waals surface area contributed by atoms with Gasteiger partial charge in [0.05, 0.1) is 16.6 Å². The lowest BCUT2D eigenvalue weighted by atomic mass is 10.2. The van der Waals surface area contributed by atoms with Gasteiger partial charge in [-0.3, -0.25) is 9.89 Å². The van der Waals surface area contributed by atoms with E-state index in [4.69, 9.17) is 0 Å². The Balaban J connectivity index is 2.06. The highest BCUT2D eigenvalue weighted by molar-refractivity contribution is 9.10. The highest BCUT2D eigenvalue weighted by atomic mass is 79.9. The average molecular weight is 340 g/mol. The van der Waals surface area contributed by atoms with Crippen molar-refractivity contribution in [2.45, 2.75) is 0 Å². The molecule has 0 saturated heterocycles. The van der Waals surface area contributed by atoms with Gasteiger partial charge < -0.3 is 0 Å². The molecule has 0 spiro atoms. The largest absolute Gasteiger partial charge is 0.280 e. The molecule has 2 aromatic carbocycles. The van der Waals surface area contributed by atoms with E-state index >= 15 is 0 Å². The molecule has 4 rings (SSSR count). The number of pyridine rings is 1. The van der Waals surface area contributed by atoms with E-state index in [0.29, 0.717) is 11.0 Å². The monoisotopic (exact) mass is 339 g/mol. The molecule has 0 atom stereocenters. The van der Waals surface area contributed by atoms with E-state index in [9.17, 15) is 4.79 Å². The first-order valence-corrected chi connectivity index (χ1v) is 7.28. The number of benzene rings is 2. The predicted molar refractivity (Wildman–Crippen MR) is 86.9 cm³/mol. The summed E-state index contributed by atoms with van der Waals surface area (Å²) in [6, 6.07) is 17.2. The van der Waals surface area contributed by atoms with Crippen LogP contribution in [0.15, 0.2) is 63.9 Å². The van der Waals surface area contributed by atoms with Crippen molar-refractivity contribution < 1.29 is 0 Å². The summed E-state index contributed by atoms with van der Waals surface area (Å²) in [4.78, 5) is 17.1. The molecule has 21 heavy (non-hydrogen) atoms. The van der Waals surface area contributed by atoms with E-state index in [2.05, 4.69) is 26.0 Å². The molecule has 2 aromatic heterocycles. The Bertz CT molecular complexity index is 1020. The van der Waals surface area contributed by atoms with Gasteiger partial charge in [0.2, 0.25) is 0 Å². The van der Waals surface area contributed by atoms with Crippen LogP contribution in [0.5, 0.6) is 0 Å². The molecule has 0 unspecified atom stereocenters. The second-order valence-electron chi connectivity index (χ2n) is 4.81. The molecule has 5 heteroatoms. The lowest BCUT2D eigenvalue weighted by Crippen LogP contribution is -2.13. The van der Waals surface area contributed by atoms with E-state index in [0.717, 1.165) is 21.1 Å². The zero-order chi connectivity index (χ0) is 14.4. The number of nitrogens with zero attached hydrogens (tertiary/aromatic N) is 2. The van der Waals surface area contributed by atoms with E-state index < -0.39 is 0 Å². The van der Waals surface area contributed by atoms with Gasteiger partial charge in [-0.15, -0.1) is 0 Å². The maximum Gasteiger partial charge on any atom is 0.280 e. The minimum absolute atomic E-state index is 0.0893. The maximum absolute atomic E-state index is 12.5. The summed E-state index contributed by atoms with van der Waals surface area (Å²) in [6.07, 6.45) is 0. The van der Waals surface area contributed by atoms with E-state index in [1.807, 2.05) is 54.6 Å². The Morgan fingerprint density at radius 1 is 1.05 bits per heavy atom. The summed E-state index contributed by atoms with van der Waals surface area (Å²) in [6.45, 7) is 0. The summed E-state index contributed by atoms with van der Waals surface area (Å²) >= 11 is 3.44. The summed E-state index contributed by atoms with van der Waals surface area (Å²) < 4.78 is 2.48. The summed E-state index contributed by atoms with van der Waals surface area (Å²) in [5, 5.41) is 4.61. The van der Waals surface area contributed by atoms with Gasteiger partial charge in [-0.2, -0.15) is 0 Å². The molecular weight excluding hydrogens is 330 g/mol. The number of para-hydroxylation sites is 1. The molecule has 0 bridgehead atoms. The molecule has 2 heterocycles. The first kappa shape index (κ1) is 12.3. The van der Waals surface area contributed by atoms with Gasteiger partial charge in [-0.25, -0.2) is 9.67 Å². The van der Waals surface area contributed by atoms with Crippen LogP contribution in [0, 0.1) is 0 Å². The predicted octanol–water partition coefficient (Wildman–Crippen LogP) is 3.63. The molecule has 102 valence electrons. The molecule has 4 nitrogen and oxygen atoms in total. The van der Waals surface area contributed by atoms with Crippen LogP contribution in [-0.2, 0) is 0 Å². The number of aromatic amines is 1. The van der Waals surface area contributed by atoms with Crippen molar-refractivity contribution >= 4 is 37.9 Å². The Labute approximate surface area is 128 Å². The van der Waals surface area contributed by atoms with Crippen LogP contribution >= 0.6 is 15.9 Å². The van der Waals surface area contributed by atoms with Crippen LogP contribution < -0.4 is 5.56 Å². The van der Waals surface area contributed by atoms with Crippen LogP contribution in [0.3, 0.4) is 0 Å². The van der Waals surface area contributed by atoms with E-state index in [1.165, 1.54) is 4.68 Å². The molecule has 0 aliphatic heterocycles. The second kappa shape index (κ2) is 4.56. The van der Waals surface area contributed by atoms with Crippen LogP contribution in [0.4, 0.5) is 0 Å². The molecule has 0 radical (unpaired) electrons. The van der Waals surface area contributed by atoms with Gasteiger partial charge in [-0.1, -0.05) is 40.2 Å². The van der Waals surface area contributed by atoms with Crippen LogP contribution in [0.1, 0.15) is 0 Å². The third kappa shape index (κ3) is 1.97. The standard InChI is InChI=1S/C16H10BrN3O/c17-11-7-6-10-8-13-15(18-14(10)9-11)19-20(16(13)21)12-4-2-1-3-5-12/h1-9H,(H,18,19). The van der Waals surface area contributed by atoms with Crippen LogP contribution in [0.2, 0.25) is 0 Å². The van der Waals surface area contributed by atoms with E-state index in [1.54, 1.807) is 0 Å². The normalized spacial score (nSPS) is 11.3. The third-order valence-corrected chi connectivity index (χ3v) is 3.94. The van der Waals surface area contributed by atoms with Crippen molar-refractivity contribution in [3.63, 3.8) is 0 Å². The summed E-state index contributed by atoms with van der Waals surface area (Å²) in [5.74, 6) is 0. The topological polar surface area (TPSA) is 50.7 Å². The first-order valence-electron chi connectivity index (χ1n) is 6.49. The zero-order valence-electron chi connectivity index (χ0n) is 10.9. The highest BCUT2D eigenvalue weighted by Gasteiger charge is 2.10. The molecule has 0 saturated carbocycles. The highest BCUT2D eigenvalue weighted by Crippen LogP contribution is 2.21. The molecule has 0 aliphatic carbocycles. The Hall–Kier alpha value is -2.40. The number of halogens is 1. The molecule has 4 aromatic rings. The van der Waals surface area contributed by atoms with Gasteiger partial charge in [-0.05, 0) is 30.3 Å². The fraction of sp³-hybridized carbons (Fsp3) is 0. The smallest absolute Gasteiger partial charge is 0.274 e. The number of aromatic nitrogens is 3. The lowest BCUT2D eigenvalue weighted by Gasteiger charge is -1.99. The lowest BCUT2D eigenvalue weighted by molar-refractivity contribution is 0.859. The summed E-state index contributed by atoms with van der Waals surface area (Å²) in [7, 11) is 0. The van der Waals surface area contributed by atoms with Gasteiger partial charge in [0, 0.05) is 9.86 Å². The molecule has 0 amide bonds. The van der Waals surface area contributed by atoms with Crippen molar-refractivity contribution in [1.82, 2.24) is 14.8 Å². The Morgan fingerprint density at radius 2 is 1.86 bits per heavy atom. The third-order valence-electron chi connectivity index (χ3n) is 3.45. The minimum Gasteiger partial charge on any atom is -0.274 e. The molecule has 0 fully saturated rings. The molecule has 1 N–H and O–H groups in total. The number of rotatable bonds is 1. The van der Waals surface area contributed by atoms with E-state index in [-0.39, 0.29) is 5.56 Å². The zero-order valence-corrected chi connectivity index (χ0v) is 12.5. The number of nitrogens with one attached hydrogen (secondary N) is 1. The van der Waals surface area contributed by atoms with Crippen LogP contribution in [-0.4, -0.2) is 14.8 Å². The van der Waals surface area contributed by atoms with Gasteiger partial charge >= 0.3 is 0 Å². The number of fused-ring (bicyclic) bond motifs is 2. The van der Waals surface area contributed by atoms with Crippen LogP contribution in [0.25, 0.3) is 27.6 Å². The molecule has 0 aliphatic rings. The fourth-order valence-electron chi connectivity index (χ4n) is 2.42. The quantitative estimate of drug-likeness (QED) is 0.575. The van der Waals surface area contributed by atoms with Crippen molar-refractivity contribution in [1.29, 1.82) is 0 Å². The summed E-state index contributed by atoms with van der Waals surface area (Å²) in [5.41, 5.74) is 2.15. The first-order chi connectivity index (χ1) is 10.2. The van der Waals surface area contributed by atoms with Gasteiger partial charge in [0.1, 0.15) is 0 Å². The molecular formula is C16H10BrN3O. The Kier molecular flexibility index (Phi) is 2.68. The fourth-order valence-corrected chi connectivity index (χ4v) is 2.77.